The summed E-state index contributed by atoms with van der Waals surface area (Å²) in [5, 5.41) is 4.30. The maximum Gasteiger partial charge on any atom is 0.198 e. The number of nitrogens with zero attached hydrogens (tertiary/aromatic N) is 2. The molecule has 0 bridgehead atoms. The molecule has 0 amide bonds. The largest absolute Gasteiger partial charge is 0.460 e. The molecule has 100 valence electrons. The van der Waals surface area contributed by atoms with Crippen LogP contribution in [-0.2, 0) is 0 Å². The lowest BCUT2D eigenvalue weighted by Crippen LogP contribution is -1.87. The van der Waals surface area contributed by atoms with E-state index in [1.165, 1.54) is 0 Å². The van der Waals surface area contributed by atoms with Crippen molar-refractivity contribution in [2.75, 3.05) is 0 Å². The van der Waals surface area contributed by atoms with Gasteiger partial charge < -0.3 is 9.40 Å². The number of H-pyrrole nitrogens is 1. The van der Waals surface area contributed by atoms with Crippen molar-refractivity contribution < 1.29 is 4.42 Å². The van der Waals surface area contributed by atoms with Gasteiger partial charge in [-0.2, -0.15) is 5.10 Å². The molecule has 20 heavy (non-hydrogen) atoms. The molecule has 0 saturated heterocycles. The number of nitrogens with one attached hydrogen (secondary N) is 1. The molecule has 0 aliphatic carbocycles. The molecular weight excluding hydrogens is 270 g/mol. The Morgan fingerprint density at radius 2 is 2.00 bits per heavy atom. The molecule has 2 aromatic heterocycles. The fraction of sp³-hybridized carbons (Fsp3) is 0.0667. The van der Waals surface area contributed by atoms with E-state index in [0.29, 0.717) is 10.5 Å². The van der Waals surface area contributed by atoms with Gasteiger partial charge in [0, 0.05) is 0 Å². The van der Waals surface area contributed by atoms with E-state index in [1.54, 1.807) is 10.9 Å². The molecule has 2 heterocycles. The predicted molar refractivity (Wildman–Crippen MR) is 81.5 cm³/mol. The molecule has 3 aromatic rings. The van der Waals surface area contributed by atoms with E-state index in [1.807, 2.05) is 55.6 Å². The van der Waals surface area contributed by atoms with Gasteiger partial charge in [-0.1, -0.05) is 30.3 Å². The quantitative estimate of drug-likeness (QED) is 0.583. The first-order valence-corrected chi connectivity index (χ1v) is 6.61. The van der Waals surface area contributed by atoms with Gasteiger partial charge in [0.15, 0.2) is 4.77 Å². The third-order valence-corrected chi connectivity index (χ3v) is 3.15. The smallest absolute Gasteiger partial charge is 0.198 e. The Hall–Kier alpha value is -2.40. The van der Waals surface area contributed by atoms with E-state index in [2.05, 4.69) is 10.1 Å². The van der Waals surface area contributed by atoms with Crippen molar-refractivity contribution in [2.45, 2.75) is 6.92 Å². The summed E-state index contributed by atoms with van der Waals surface area (Å²) >= 11 is 5.26. The molecule has 0 aliphatic heterocycles. The van der Waals surface area contributed by atoms with Crippen LogP contribution in [0, 0.1) is 11.7 Å². The van der Waals surface area contributed by atoms with Gasteiger partial charge in [0.05, 0.1) is 18.1 Å². The number of aromatic nitrogens is 2. The second-order valence-corrected chi connectivity index (χ2v) is 4.76. The van der Waals surface area contributed by atoms with Crippen molar-refractivity contribution in [2.24, 2.45) is 5.10 Å². The number of furan rings is 1. The van der Waals surface area contributed by atoms with Crippen LogP contribution in [0.1, 0.15) is 11.5 Å². The number of imidazole rings is 1. The van der Waals surface area contributed by atoms with Crippen molar-refractivity contribution >= 4 is 18.4 Å². The van der Waals surface area contributed by atoms with Crippen molar-refractivity contribution in [3.8, 4) is 11.3 Å². The first kappa shape index (κ1) is 12.6. The highest BCUT2D eigenvalue weighted by atomic mass is 32.1. The summed E-state index contributed by atoms with van der Waals surface area (Å²) < 4.78 is 7.60. The predicted octanol–water partition coefficient (Wildman–Crippen LogP) is 4.00. The van der Waals surface area contributed by atoms with Gasteiger partial charge in [0.2, 0.25) is 0 Å². The van der Waals surface area contributed by atoms with Gasteiger partial charge in [-0.15, -0.1) is 0 Å². The second-order valence-electron chi connectivity index (χ2n) is 4.38. The van der Waals surface area contributed by atoms with Crippen LogP contribution < -0.4 is 0 Å². The Kier molecular flexibility index (Phi) is 3.35. The summed E-state index contributed by atoms with van der Waals surface area (Å²) in [5.74, 6) is 1.56. The molecule has 1 N–H and O–H groups in total. The van der Waals surface area contributed by atoms with Gasteiger partial charge in [0.1, 0.15) is 11.5 Å². The van der Waals surface area contributed by atoms with Crippen molar-refractivity contribution in [3.05, 3.63) is 65.0 Å². The van der Waals surface area contributed by atoms with Gasteiger partial charge in [-0.25, -0.2) is 4.68 Å². The summed E-state index contributed by atoms with van der Waals surface area (Å²) in [6, 6.07) is 13.7. The summed E-state index contributed by atoms with van der Waals surface area (Å²) in [5.41, 5.74) is 2.00. The molecule has 0 atom stereocenters. The Bertz CT molecular complexity index is 796. The van der Waals surface area contributed by atoms with Gasteiger partial charge >= 0.3 is 0 Å². The third kappa shape index (κ3) is 2.62. The summed E-state index contributed by atoms with van der Waals surface area (Å²) in [4.78, 5) is 3.14. The molecule has 0 aliphatic rings. The average molecular weight is 283 g/mol. The van der Waals surface area contributed by atoms with Crippen LogP contribution in [0.2, 0.25) is 0 Å². The standard InChI is InChI=1S/C15H13N3OS/c1-11-7-8-13(19-11)9-16-18-10-14(17-15(18)20)12-5-3-2-4-6-12/h2-10H,1H3,(H,17,20)/b16-9+. The van der Waals surface area contributed by atoms with E-state index >= 15 is 0 Å². The second kappa shape index (κ2) is 5.30. The lowest BCUT2D eigenvalue weighted by molar-refractivity contribution is 0.527. The van der Waals surface area contributed by atoms with E-state index in [-0.39, 0.29) is 0 Å². The van der Waals surface area contributed by atoms with Crippen LogP contribution in [0.15, 0.2) is 58.2 Å². The number of aryl methyl sites for hydroxylation is 1. The molecule has 1 aromatic carbocycles. The molecule has 0 saturated carbocycles. The summed E-state index contributed by atoms with van der Waals surface area (Å²) in [6.45, 7) is 1.90. The SMILES string of the molecule is Cc1ccc(/C=N/n2cc(-c3ccccc3)[nH]c2=S)o1. The lowest BCUT2D eigenvalue weighted by atomic mass is 10.2. The fourth-order valence-electron chi connectivity index (χ4n) is 1.88. The number of hydrogen-bond donors (Lipinski definition) is 1. The van der Waals surface area contributed by atoms with Crippen LogP contribution in [0.4, 0.5) is 0 Å². The zero-order valence-electron chi connectivity index (χ0n) is 10.9. The molecule has 0 fully saturated rings. The van der Waals surface area contributed by atoms with Crippen molar-refractivity contribution in [1.82, 2.24) is 9.66 Å². The van der Waals surface area contributed by atoms with E-state index in [0.717, 1.165) is 17.0 Å². The Morgan fingerprint density at radius 3 is 2.70 bits per heavy atom. The highest BCUT2D eigenvalue weighted by molar-refractivity contribution is 7.71. The van der Waals surface area contributed by atoms with Crippen molar-refractivity contribution in [3.63, 3.8) is 0 Å². The molecule has 4 nitrogen and oxygen atoms in total. The van der Waals surface area contributed by atoms with Gasteiger partial charge in [-0.3, -0.25) is 0 Å². The van der Waals surface area contributed by atoms with Gasteiger partial charge in [-0.05, 0) is 36.8 Å². The average Bonchev–Trinajstić information content (AvgIpc) is 3.04. The maximum atomic E-state index is 5.43. The summed E-state index contributed by atoms with van der Waals surface area (Å²) in [6.07, 6.45) is 3.51. The molecular formula is C15H13N3OS. The zero-order chi connectivity index (χ0) is 13.9. The number of hydrogen-bond acceptors (Lipinski definition) is 3. The summed E-state index contributed by atoms with van der Waals surface area (Å²) in [7, 11) is 0. The Morgan fingerprint density at radius 1 is 1.20 bits per heavy atom. The van der Waals surface area contributed by atoms with Crippen LogP contribution in [0.5, 0.6) is 0 Å². The molecule has 0 spiro atoms. The van der Waals surface area contributed by atoms with Crippen LogP contribution >= 0.6 is 12.2 Å². The first-order valence-electron chi connectivity index (χ1n) is 6.20. The maximum absolute atomic E-state index is 5.43. The topological polar surface area (TPSA) is 46.2 Å². The first-order chi connectivity index (χ1) is 9.72. The zero-order valence-corrected chi connectivity index (χ0v) is 11.7. The highest BCUT2D eigenvalue weighted by Gasteiger charge is 2.02. The molecule has 0 radical (unpaired) electrons. The normalized spacial score (nSPS) is 11.2. The monoisotopic (exact) mass is 283 g/mol. The van der Waals surface area contributed by atoms with Crippen LogP contribution in [0.3, 0.4) is 0 Å². The van der Waals surface area contributed by atoms with Gasteiger partial charge in [0.25, 0.3) is 0 Å². The van der Waals surface area contributed by atoms with Crippen LogP contribution in [-0.4, -0.2) is 15.9 Å². The minimum absolute atomic E-state index is 0.545. The number of benzene rings is 1. The van der Waals surface area contributed by atoms with E-state index in [4.69, 9.17) is 16.6 Å². The lowest BCUT2D eigenvalue weighted by Gasteiger charge is -1.94. The molecule has 5 heteroatoms. The van der Waals surface area contributed by atoms with Crippen molar-refractivity contribution in [1.29, 1.82) is 0 Å². The molecule has 3 rings (SSSR count). The minimum Gasteiger partial charge on any atom is -0.460 e. The number of aromatic amines is 1. The van der Waals surface area contributed by atoms with Crippen LogP contribution in [0.25, 0.3) is 11.3 Å². The van der Waals surface area contributed by atoms with E-state index < -0.39 is 0 Å². The Labute approximate surface area is 121 Å². The van der Waals surface area contributed by atoms with E-state index in [9.17, 15) is 0 Å². The minimum atomic E-state index is 0.545. The number of rotatable bonds is 3. The Balaban J connectivity index is 1.90. The fourth-order valence-corrected chi connectivity index (χ4v) is 2.09. The molecule has 0 unspecified atom stereocenters. The third-order valence-electron chi connectivity index (χ3n) is 2.86. The highest BCUT2D eigenvalue weighted by Crippen LogP contribution is 2.16.